The molecule has 0 spiro atoms. The van der Waals surface area contributed by atoms with Crippen LogP contribution in [0.25, 0.3) is 11.0 Å². The number of hydrogen-bond acceptors (Lipinski definition) is 4. The number of carbonyl (C=O) groups is 1. The summed E-state index contributed by atoms with van der Waals surface area (Å²) in [6, 6.07) is 1.89. The Morgan fingerprint density at radius 2 is 2.10 bits per heavy atom. The van der Waals surface area contributed by atoms with Crippen LogP contribution in [0.2, 0.25) is 0 Å². The Labute approximate surface area is 126 Å². The third-order valence-electron chi connectivity index (χ3n) is 3.18. The maximum absolute atomic E-state index is 11.8. The first kappa shape index (κ1) is 14.8. The van der Waals surface area contributed by atoms with Crippen LogP contribution in [-0.4, -0.2) is 55.0 Å². The van der Waals surface area contributed by atoms with Gasteiger partial charge in [-0.25, -0.2) is 4.98 Å². The maximum Gasteiger partial charge on any atom is 0.253 e. The molecule has 0 aliphatic carbocycles. The number of fused-ring (bicyclic) bond motifs is 1. The number of amides is 1. The molecule has 1 aromatic carbocycles. The van der Waals surface area contributed by atoms with Gasteiger partial charge >= 0.3 is 0 Å². The summed E-state index contributed by atoms with van der Waals surface area (Å²) in [5.74, 6) is -0.460. The Morgan fingerprint density at radius 1 is 1.40 bits per heavy atom. The predicted molar refractivity (Wildman–Crippen MR) is 84.1 cm³/mol. The highest BCUT2D eigenvalue weighted by Gasteiger charge is 2.19. The number of nitrogens with zero attached hydrogens (tertiary/aromatic N) is 3. The number of rotatable bonds is 5. The second-order valence-corrected chi connectivity index (χ2v) is 5.82. The molecule has 0 saturated heterocycles. The normalized spacial score (nSPS) is 11.2. The molecule has 1 amide bonds. The van der Waals surface area contributed by atoms with E-state index in [-0.39, 0.29) is 0 Å². The largest absolute Gasteiger partial charge is 0.373 e. The molecule has 0 aliphatic rings. The van der Waals surface area contributed by atoms with E-state index in [4.69, 9.17) is 5.73 Å². The molecular formula is C13H18BrN5O. The highest BCUT2D eigenvalue weighted by Crippen LogP contribution is 2.32. The van der Waals surface area contributed by atoms with Crippen LogP contribution in [0.1, 0.15) is 10.4 Å². The highest BCUT2D eigenvalue weighted by atomic mass is 79.9. The van der Waals surface area contributed by atoms with E-state index in [2.05, 4.69) is 30.8 Å². The SMILES string of the molecule is CN(C)CCN(C)c1cc(Br)c2nc[nH]c2c1C(N)=O. The molecule has 0 fully saturated rings. The molecule has 0 unspecified atom stereocenters. The van der Waals surface area contributed by atoms with Crippen molar-refractivity contribution in [2.24, 2.45) is 5.73 Å². The number of hydrogen-bond donors (Lipinski definition) is 2. The van der Waals surface area contributed by atoms with Crippen molar-refractivity contribution in [3.8, 4) is 0 Å². The number of nitrogens with two attached hydrogens (primary N) is 1. The predicted octanol–water partition coefficient (Wildman–Crippen LogP) is 1.42. The van der Waals surface area contributed by atoms with Crippen molar-refractivity contribution in [3.63, 3.8) is 0 Å². The summed E-state index contributed by atoms with van der Waals surface area (Å²) in [5.41, 5.74) is 8.19. The van der Waals surface area contributed by atoms with Gasteiger partial charge in [-0.05, 0) is 36.1 Å². The number of carbonyl (C=O) groups excluding carboxylic acids is 1. The fourth-order valence-electron chi connectivity index (χ4n) is 2.08. The van der Waals surface area contributed by atoms with E-state index >= 15 is 0 Å². The summed E-state index contributed by atoms with van der Waals surface area (Å²) in [6.07, 6.45) is 1.56. The number of primary amides is 1. The molecule has 1 aromatic heterocycles. The molecule has 1 heterocycles. The van der Waals surface area contributed by atoms with Gasteiger partial charge in [0.2, 0.25) is 0 Å². The first-order valence-electron chi connectivity index (χ1n) is 6.23. The zero-order valence-electron chi connectivity index (χ0n) is 11.8. The van der Waals surface area contributed by atoms with Crippen LogP contribution in [0.15, 0.2) is 16.9 Å². The Balaban J connectivity index is 2.51. The Bertz CT molecular complexity index is 637. The number of anilines is 1. The molecule has 2 aromatic rings. The number of nitrogens with one attached hydrogen (secondary N) is 1. The van der Waals surface area contributed by atoms with E-state index in [0.29, 0.717) is 16.6 Å². The second-order valence-electron chi connectivity index (χ2n) is 4.97. The van der Waals surface area contributed by atoms with Crippen LogP contribution >= 0.6 is 15.9 Å². The lowest BCUT2D eigenvalue weighted by Gasteiger charge is -2.24. The number of H-pyrrole nitrogens is 1. The first-order chi connectivity index (χ1) is 9.41. The summed E-state index contributed by atoms with van der Waals surface area (Å²) >= 11 is 3.49. The van der Waals surface area contributed by atoms with Crippen LogP contribution in [0, 0.1) is 0 Å². The van der Waals surface area contributed by atoms with Crippen LogP contribution in [0.4, 0.5) is 5.69 Å². The van der Waals surface area contributed by atoms with Gasteiger partial charge in [-0.3, -0.25) is 4.79 Å². The van der Waals surface area contributed by atoms with E-state index in [1.807, 2.05) is 32.1 Å². The number of aromatic amines is 1. The molecule has 0 atom stereocenters. The Morgan fingerprint density at radius 3 is 2.70 bits per heavy atom. The van der Waals surface area contributed by atoms with Crippen molar-refractivity contribution < 1.29 is 4.79 Å². The van der Waals surface area contributed by atoms with Gasteiger partial charge in [-0.15, -0.1) is 0 Å². The Kier molecular flexibility index (Phi) is 4.29. The first-order valence-corrected chi connectivity index (χ1v) is 7.02. The van der Waals surface area contributed by atoms with E-state index in [0.717, 1.165) is 23.2 Å². The number of benzene rings is 1. The third kappa shape index (κ3) is 2.78. The molecule has 6 nitrogen and oxygen atoms in total. The molecule has 0 saturated carbocycles. The minimum atomic E-state index is -0.460. The molecule has 3 N–H and O–H groups in total. The smallest absolute Gasteiger partial charge is 0.253 e. The van der Waals surface area contributed by atoms with E-state index < -0.39 is 5.91 Å². The standard InChI is InChI=1S/C13H18BrN5O/c1-18(2)4-5-19(3)9-6-8(14)11-12(17-7-16-11)10(9)13(15)20/h6-7H,4-5H2,1-3H3,(H2,15,20)(H,16,17). The van der Waals surface area contributed by atoms with Crippen molar-refractivity contribution in [1.82, 2.24) is 14.9 Å². The average molecular weight is 340 g/mol. The van der Waals surface area contributed by atoms with Gasteiger partial charge in [0.1, 0.15) is 5.52 Å². The highest BCUT2D eigenvalue weighted by molar-refractivity contribution is 9.10. The minimum Gasteiger partial charge on any atom is -0.373 e. The lowest BCUT2D eigenvalue weighted by atomic mass is 10.1. The van der Waals surface area contributed by atoms with Crippen molar-refractivity contribution >= 4 is 38.6 Å². The molecule has 0 aliphatic heterocycles. The molecule has 0 bridgehead atoms. The minimum absolute atomic E-state index is 0.460. The van der Waals surface area contributed by atoms with Gasteiger partial charge in [0.05, 0.1) is 23.1 Å². The van der Waals surface area contributed by atoms with Crippen molar-refractivity contribution in [2.75, 3.05) is 39.1 Å². The summed E-state index contributed by atoms with van der Waals surface area (Å²) in [4.78, 5) is 23.1. The summed E-state index contributed by atoms with van der Waals surface area (Å²) < 4.78 is 0.838. The molecule has 0 radical (unpaired) electrons. The van der Waals surface area contributed by atoms with Gasteiger partial charge in [0, 0.05) is 24.6 Å². The Hall–Kier alpha value is -1.60. The quantitative estimate of drug-likeness (QED) is 0.863. The van der Waals surface area contributed by atoms with Crippen LogP contribution in [0.3, 0.4) is 0 Å². The van der Waals surface area contributed by atoms with E-state index in [1.54, 1.807) is 6.33 Å². The van der Waals surface area contributed by atoms with Crippen molar-refractivity contribution in [2.45, 2.75) is 0 Å². The van der Waals surface area contributed by atoms with Gasteiger partial charge in [0.25, 0.3) is 5.91 Å². The lowest BCUT2D eigenvalue weighted by molar-refractivity contribution is 0.100. The lowest BCUT2D eigenvalue weighted by Crippen LogP contribution is -2.30. The molecule has 108 valence electrons. The zero-order valence-corrected chi connectivity index (χ0v) is 13.4. The van der Waals surface area contributed by atoms with Crippen molar-refractivity contribution in [3.05, 3.63) is 22.4 Å². The monoisotopic (exact) mass is 339 g/mol. The molecule has 2 rings (SSSR count). The van der Waals surface area contributed by atoms with Gasteiger partial charge < -0.3 is 20.5 Å². The summed E-state index contributed by atoms with van der Waals surface area (Å²) in [5, 5.41) is 0. The average Bonchev–Trinajstić information content (AvgIpc) is 2.84. The number of halogens is 1. The topological polar surface area (TPSA) is 78.2 Å². The summed E-state index contributed by atoms with van der Waals surface area (Å²) in [7, 11) is 5.97. The van der Waals surface area contributed by atoms with Crippen LogP contribution < -0.4 is 10.6 Å². The number of aromatic nitrogens is 2. The van der Waals surface area contributed by atoms with E-state index in [1.165, 1.54) is 0 Å². The third-order valence-corrected chi connectivity index (χ3v) is 3.78. The zero-order chi connectivity index (χ0) is 14.9. The van der Waals surface area contributed by atoms with Gasteiger partial charge in [-0.2, -0.15) is 0 Å². The summed E-state index contributed by atoms with van der Waals surface area (Å²) in [6.45, 7) is 1.67. The number of likely N-dealkylation sites (N-methyl/N-ethyl adjacent to an activating group) is 2. The molecular weight excluding hydrogens is 322 g/mol. The fourth-order valence-corrected chi connectivity index (χ4v) is 2.59. The fraction of sp³-hybridized carbons (Fsp3) is 0.385. The van der Waals surface area contributed by atoms with Gasteiger partial charge in [0.15, 0.2) is 0 Å². The van der Waals surface area contributed by atoms with E-state index in [9.17, 15) is 4.79 Å². The van der Waals surface area contributed by atoms with Crippen molar-refractivity contribution in [1.29, 1.82) is 0 Å². The molecule has 7 heteroatoms. The maximum atomic E-state index is 11.8. The van der Waals surface area contributed by atoms with Gasteiger partial charge in [-0.1, -0.05) is 0 Å². The number of imidazole rings is 1. The van der Waals surface area contributed by atoms with Crippen LogP contribution in [-0.2, 0) is 0 Å². The van der Waals surface area contributed by atoms with Crippen LogP contribution in [0.5, 0.6) is 0 Å². The molecule has 20 heavy (non-hydrogen) atoms. The second kappa shape index (κ2) is 5.80.